The highest BCUT2D eigenvalue weighted by atomic mass is 19.4. The number of esters is 1. The molecular weight excluding hydrogens is 481 g/mol. The summed E-state index contributed by atoms with van der Waals surface area (Å²) >= 11 is 0. The van der Waals surface area contributed by atoms with E-state index in [2.05, 4.69) is 10.1 Å². The van der Waals surface area contributed by atoms with Crippen molar-refractivity contribution in [2.24, 2.45) is 0 Å². The molecule has 1 aliphatic carbocycles. The lowest BCUT2D eigenvalue weighted by Gasteiger charge is -2.20. The molecule has 184 valence electrons. The molecule has 0 saturated heterocycles. The van der Waals surface area contributed by atoms with Crippen molar-refractivity contribution in [3.05, 3.63) is 88.5 Å². The van der Waals surface area contributed by atoms with Gasteiger partial charge in [-0.3, -0.25) is 14.4 Å². The summed E-state index contributed by atoms with van der Waals surface area (Å²) in [4.78, 5) is 50.9. The predicted molar refractivity (Wildman–Crippen MR) is 121 cm³/mol. The van der Waals surface area contributed by atoms with Crippen LogP contribution in [0.15, 0.2) is 60.7 Å². The number of rotatable bonds is 5. The molecule has 3 aromatic rings. The van der Waals surface area contributed by atoms with E-state index in [1.54, 1.807) is 12.1 Å². The van der Waals surface area contributed by atoms with Crippen LogP contribution in [-0.4, -0.2) is 35.9 Å². The standard InChI is InChI=1S/C25H17F3N2O6/c1-12(23(33)30-13-6-8-14(9-7-13)36-25(26,27)28)35-24(34)18-11-10-17-19(20(18)29)22(32)16-5-3-2-4-15(16)21(17)31/h2-12H,29H2,1H3,(H,30,33). The minimum Gasteiger partial charge on any atom is -0.449 e. The zero-order valence-corrected chi connectivity index (χ0v) is 18.5. The third-order valence-electron chi connectivity index (χ3n) is 5.36. The van der Waals surface area contributed by atoms with Crippen LogP contribution >= 0.6 is 0 Å². The highest BCUT2D eigenvalue weighted by molar-refractivity contribution is 6.30. The molecule has 1 atom stereocenters. The Morgan fingerprint density at radius 3 is 2.11 bits per heavy atom. The number of nitrogen functional groups attached to an aromatic ring is 1. The molecule has 0 fully saturated rings. The maximum Gasteiger partial charge on any atom is 0.573 e. The van der Waals surface area contributed by atoms with Gasteiger partial charge in [0.1, 0.15) is 5.75 Å². The normalized spacial score (nSPS) is 13.3. The number of ketones is 2. The second-order valence-electron chi connectivity index (χ2n) is 7.76. The van der Waals surface area contributed by atoms with E-state index in [1.165, 1.54) is 43.3 Å². The molecule has 1 aliphatic rings. The van der Waals surface area contributed by atoms with Gasteiger partial charge in [-0.1, -0.05) is 24.3 Å². The molecule has 0 heterocycles. The fraction of sp³-hybridized carbons (Fsp3) is 0.120. The summed E-state index contributed by atoms with van der Waals surface area (Å²) in [6.45, 7) is 1.27. The lowest BCUT2D eigenvalue weighted by atomic mass is 9.82. The first-order valence-corrected chi connectivity index (χ1v) is 10.4. The van der Waals surface area contributed by atoms with Crippen LogP contribution in [0.4, 0.5) is 24.5 Å². The maximum atomic E-state index is 13.0. The van der Waals surface area contributed by atoms with Crippen LogP contribution in [0.3, 0.4) is 0 Å². The van der Waals surface area contributed by atoms with Crippen molar-refractivity contribution in [3.8, 4) is 5.75 Å². The van der Waals surface area contributed by atoms with E-state index in [9.17, 15) is 32.3 Å². The Bertz CT molecular complexity index is 1400. The highest BCUT2D eigenvalue weighted by Gasteiger charge is 2.34. The van der Waals surface area contributed by atoms with Gasteiger partial charge in [-0.2, -0.15) is 0 Å². The monoisotopic (exact) mass is 498 g/mol. The van der Waals surface area contributed by atoms with E-state index >= 15 is 0 Å². The number of benzene rings is 3. The number of hydrogen-bond acceptors (Lipinski definition) is 7. The second kappa shape index (κ2) is 9.17. The van der Waals surface area contributed by atoms with Gasteiger partial charge in [0, 0.05) is 22.4 Å². The van der Waals surface area contributed by atoms with Gasteiger partial charge < -0.3 is 20.5 Å². The molecule has 0 aliphatic heterocycles. The number of carbonyl (C=O) groups excluding carboxylic acids is 4. The van der Waals surface area contributed by atoms with Crippen LogP contribution in [0.25, 0.3) is 0 Å². The molecule has 0 radical (unpaired) electrons. The van der Waals surface area contributed by atoms with Crippen molar-refractivity contribution in [2.45, 2.75) is 19.4 Å². The molecule has 0 aromatic heterocycles. The summed E-state index contributed by atoms with van der Waals surface area (Å²) in [6, 6.07) is 13.1. The first-order valence-electron chi connectivity index (χ1n) is 10.4. The smallest absolute Gasteiger partial charge is 0.449 e. The number of alkyl halides is 3. The van der Waals surface area contributed by atoms with Crippen LogP contribution in [-0.2, 0) is 9.53 Å². The summed E-state index contributed by atoms with van der Waals surface area (Å²) in [7, 11) is 0. The number of nitrogens with one attached hydrogen (secondary N) is 1. The quantitative estimate of drug-likeness (QED) is 0.313. The molecule has 0 saturated carbocycles. The van der Waals surface area contributed by atoms with Crippen LogP contribution < -0.4 is 15.8 Å². The Kier molecular flexibility index (Phi) is 6.23. The van der Waals surface area contributed by atoms with Gasteiger partial charge in [-0.05, 0) is 43.3 Å². The maximum absolute atomic E-state index is 13.0. The topological polar surface area (TPSA) is 125 Å². The van der Waals surface area contributed by atoms with Crippen LogP contribution in [0.2, 0.25) is 0 Å². The lowest BCUT2D eigenvalue weighted by molar-refractivity contribution is -0.274. The minimum atomic E-state index is -4.85. The van der Waals surface area contributed by atoms with Gasteiger partial charge in [0.15, 0.2) is 17.7 Å². The van der Waals surface area contributed by atoms with Crippen molar-refractivity contribution in [3.63, 3.8) is 0 Å². The predicted octanol–water partition coefficient (Wildman–Crippen LogP) is 4.13. The third-order valence-corrected chi connectivity index (χ3v) is 5.36. The summed E-state index contributed by atoms with van der Waals surface area (Å²) < 4.78 is 45.7. The van der Waals surface area contributed by atoms with E-state index < -0.39 is 41.7 Å². The van der Waals surface area contributed by atoms with Crippen LogP contribution in [0.1, 0.15) is 49.1 Å². The molecule has 8 nitrogen and oxygen atoms in total. The molecule has 1 amide bonds. The first-order chi connectivity index (χ1) is 17.0. The van der Waals surface area contributed by atoms with Gasteiger partial charge in [-0.25, -0.2) is 4.79 Å². The number of halogens is 3. The number of fused-ring (bicyclic) bond motifs is 2. The molecule has 11 heteroatoms. The van der Waals surface area contributed by atoms with Crippen molar-refractivity contribution in [1.82, 2.24) is 0 Å². The van der Waals surface area contributed by atoms with Gasteiger partial charge in [-0.15, -0.1) is 13.2 Å². The van der Waals surface area contributed by atoms with E-state index in [1.807, 2.05) is 0 Å². The molecular formula is C25H17F3N2O6. The second-order valence-corrected chi connectivity index (χ2v) is 7.76. The SMILES string of the molecule is CC(OC(=O)c1ccc2c(c1N)C(=O)c1ccccc1C2=O)C(=O)Nc1ccc(OC(F)(F)F)cc1. The molecule has 1 unspecified atom stereocenters. The summed E-state index contributed by atoms with van der Waals surface area (Å²) in [5.74, 6) is -3.18. The number of carbonyl (C=O) groups is 4. The number of hydrogen-bond donors (Lipinski definition) is 2. The van der Waals surface area contributed by atoms with Crippen LogP contribution in [0.5, 0.6) is 5.75 Å². The molecule has 0 bridgehead atoms. The Hall–Kier alpha value is -4.67. The number of amides is 1. The Labute approximate surface area is 201 Å². The molecule has 3 aromatic carbocycles. The largest absolute Gasteiger partial charge is 0.573 e. The van der Waals surface area contributed by atoms with Gasteiger partial charge in [0.25, 0.3) is 5.91 Å². The van der Waals surface area contributed by atoms with Crippen LogP contribution in [0, 0.1) is 0 Å². The van der Waals surface area contributed by atoms with Crippen molar-refractivity contribution in [1.29, 1.82) is 0 Å². The summed E-state index contributed by atoms with van der Waals surface area (Å²) in [5.41, 5.74) is 6.08. The van der Waals surface area contributed by atoms with Crippen molar-refractivity contribution >= 4 is 34.8 Å². The molecule has 36 heavy (non-hydrogen) atoms. The Morgan fingerprint density at radius 1 is 0.889 bits per heavy atom. The fourth-order valence-electron chi connectivity index (χ4n) is 3.65. The first kappa shape index (κ1) is 24.5. The molecule has 3 N–H and O–H groups in total. The van der Waals surface area contributed by atoms with E-state index in [0.29, 0.717) is 0 Å². The van der Waals surface area contributed by atoms with E-state index in [4.69, 9.17) is 10.5 Å². The van der Waals surface area contributed by atoms with Crippen molar-refractivity contribution in [2.75, 3.05) is 11.1 Å². The fourth-order valence-corrected chi connectivity index (χ4v) is 3.65. The minimum absolute atomic E-state index is 0.0523. The summed E-state index contributed by atoms with van der Waals surface area (Å²) in [5, 5.41) is 2.39. The van der Waals surface area contributed by atoms with E-state index in [0.717, 1.165) is 12.1 Å². The Morgan fingerprint density at radius 2 is 1.50 bits per heavy atom. The molecule has 0 spiro atoms. The zero-order valence-electron chi connectivity index (χ0n) is 18.5. The van der Waals surface area contributed by atoms with Gasteiger partial charge in [0.2, 0.25) is 0 Å². The third kappa shape index (κ3) is 4.76. The molecule has 4 rings (SSSR count). The number of nitrogens with two attached hydrogens (primary N) is 1. The van der Waals surface area contributed by atoms with Crippen molar-refractivity contribution < 1.29 is 41.8 Å². The average Bonchev–Trinajstić information content (AvgIpc) is 2.82. The summed E-state index contributed by atoms with van der Waals surface area (Å²) in [6.07, 6.45) is -6.19. The number of anilines is 2. The highest BCUT2D eigenvalue weighted by Crippen LogP contribution is 2.33. The Balaban J connectivity index is 1.47. The van der Waals surface area contributed by atoms with Gasteiger partial charge >= 0.3 is 12.3 Å². The number of ether oxygens (including phenoxy) is 2. The van der Waals surface area contributed by atoms with E-state index in [-0.39, 0.29) is 39.2 Å². The zero-order chi connectivity index (χ0) is 26.2. The lowest BCUT2D eigenvalue weighted by Crippen LogP contribution is -2.30. The van der Waals surface area contributed by atoms with Gasteiger partial charge in [0.05, 0.1) is 16.8 Å². The average molecular weight is 498 g/mol.